The Kier molecular flexibility index (Phi) is 11.1. The first-order valence-corrected chi connectivity index (χ1v) is 14.0. The zero-order valence-electron chi connectivity index (χ0n) is 25.2. The number of ether oxygens (including phenoxy) is 4. The molecule has 0 saturated heterocycles. The van der Waals surface area contributed by atoms with Gasteiger partial charge in [-0.15, -0.1) is 0 Å². The monoisotopic (exact) mass is 591 g/mol. The zero-order chi connectivity index (χ0) is 31.3. The van der Waals surface area contributed by atoms with E-state index in [4.69, 9.17) is 24.7 Å². The molecule has 0 amide bonds. The number of rotatable bonds is 10. The van der Waals surface area contributed by atoms with Crippen LogP contribution in [0.2, 0.25) is 0 Å². The molecule has 5 aromatic rings. The Morgan fingerprint density at radius 3 is 2.02 bits per heavy atom. The van der Waals surface area contributed by atoms with E-state index in [1.165, 1.54) is 0 Å². The molecule has 0 saturated carbocycles. The van der Waals surface area contributed by atoms with Crippen LogP contribution >= 0.6 is 0 Å². The summed E-state index contributed by atoms with van der Waals surface area (Å²) in [4.78, 5) is 12.8. The van der Waals surface area contributed by atoms with Crippen molar-refractivity contribution in [1.29, 1.82) is 0 Å². The lowest BCUT2D eigenvalue weighted by molar-refractivity contribution is 0.0393. The van der Waals surface area contributed by atoms with Gasteiger partial charge in [0.25, 0.3) is 0 Å². The first-order chi connectivity index (χ1) is 21.4. The molecular weight excluding hydrogens is 554 g/mol. The van der Waals surface area contributed by atoms with E-state index in [1.54, 1.807) is 40.4 Å². The topological polar surface area (TPSA) is 104 Å². The lowest BCUT2D eigenvalue weighted by Crippen LogP contribution is -2.23. The van der Waals surface area contributed by atoms with E-state index >= 15 is 0 Å². The molecule has 44 heavy (non-hydrogen) atoms. The molecular formula is C36H37N3O5. The van der Waals surface area contributed by atoms with Gasteiger partial charge in [0.1, 0.15) is 17.2 Å². The van der Waals surface area contributed by atoms with Gasteiger partial charge in [-0.25, -0.2) is 4.79 Å². The zero-order valence-corrected chi connectivity index (χ0v) is 25.2. The van der Waals surface area contributed by atoms with Crippen molar-refractivity contribution in [2.24, 2.45) is 0 Å². The molecule has 5 rings (SSSR count). The van der Waals surface area contributed by atoms with Crippen LogP contribution in [0, 0.1) is 0 Å². The average Bonchev–Trinajstić information content (AvgIpc) is 3.05. The number of carbonyl (C=O) groups is 1. The van der Waals surface area contributed by atoms with Crippen molar-refractivity contribution in [1.82, 2.24) is 0 Å². The molecule has 226 valence electrons. The summed E-state index contributed by atoms with van der Waals surface area (Å²) in [6.07, 6.45) is -0.555. The molecule has 8 heteroatoms. The number of benzene rings is 5. The first-order valence-electron chi connectivity index (χ1n) is 14.0. The highest BCUT2D eigenvalue weighted by atomic mass is 16.6. The standard InChI is InChI=1S/C29H28N2O4.C7H9NO/c1-20(35-29(32)23-12-7-11-22(17-23)21-9-5-4-6-10-21)30-25-15-16-28(34-3)27(19-25)31-24-13-8-14-26(18-24)33-2;1-9-7-4-2-3-6(8)5-7/h4-20,30-31H,1-3H3;2-5H,8H2,1H3. The maximum atomic E-state index is 12.8. The van der Waals surface area contributed by atoms with Crippen molar-refractivity contribution in [2.45, 2.75) is 13.2 Å². The minimum absolute atomic E-state index is 0.397. The van der Waals surface area contributed by atoms with Crippen LogP contribution in [0.3, 0.4) is 0 Å². The van der Waals surface area contributed by atoms with Crippen molar-refractivity contribution in [3.63, 3.8) is 0 Å². The van der Waals surface area contributed by atoms with Gasteiger partial charge in [-0.05, 0) is 72.6 Å². The van der Waals surface area contributed by atoms with Crippen LogP contribution in [0.1, 0.15) is 17.3 Å². The highest BCUT2D eigenvalue weighted by molar-refractivity contribution is 5.91. The van der Waals surface area contributed by atoms with Gasteiger partial charge in [0.2, 0.25) is 0 Å². The normalized spacial score (nSPS) is 10.8. The number of nitrogens with one attached hydrogen (secondary N) is 2. The number of anilines is 4. The molecule has 4 N–H and O–H groups in total. The largest absolute Gasteiger partial charge is 0.497 e. The van der Waals surface area contributed by atoms with Crippen LogP contribution in [0.5, 0.6) is 17.2 Å². The number of nitrogens with two attached hydrogens (primary N) is 1. The summed E-state index contributed by atoms with van der Waals surface area (Å²) < 4.78 is 21.4. The van der Waals surface area contributed by atoms with E-state index in [2.05, 4.69) is 10.6 Å². The van der Waals surface area contributed by atoms with Crippen molar-refractivity contribution < 1.29 is 23.7 Å². The second kappa shape index (κ2) is 15.6. The van der Waals surface area contributed by atoms with E-state index in [9.17, 15) is 4.79 Å². The summed E-state index contributed by atoms with van der Waals surface area (Å²) in [7, 11) is 4.87. The molecule has 0 radical (unpaired) electrons. The van der Waals surface area contributed by atoms with Crippen LogP contribution in [-0.4, -0.2) is 33.5 Å². The second-order valence-corrected chi connectivity index (χ2v) is 9.69. The number of methoxy groups -OCH3 is 3. The van der Waals surface area contributed by atoms with E-state index in [0.717, 1.165) is 45.4 Å². The van der Waals surface area contributed by atoms with Gasteiger partial charge in [0.15, 0.2) is 6.23 Å². The molecule has 0 fully saturated rings. The van der Waals surface area contributed by atoms with Crippen LogP contribution < -0.4 is 30.6 Å². The fourth-order valence-electron chi connectivity index (χ4n) is 4.34. The smallest absolute Gasteiger partial charge is 0.340 e. The maximum Gasteiger partial charge on any atom is 0.340 e. The SMILES string of the molecule is COc1cccc(N)c1.COc1cccc(Nc2cc(NC(C)OC(=O)c3cccc(-c4ccccc4)c3)ccc2OC)c1. The summed E-state index contributed by atoms with van der Waals surface area (Å²) in [6.45, 7) is 1.79. The Morgan fingerprint density at radius 1 is 0.659 bits per heavy atom. The fourth-order valence-corrected chi connectivity index (χ4v) is 4.34. The molecule has 0 bridgehead atoms. The third-order valence-corrected chi connectivity index (χ3v) is 6.50. The molecule has 1 atom stereocenters. The number of hydrogen-bond donors (Lipinski definition) is 3. The van der Waals surface area contributed by atoms with Gasteiger partial charge in [-0.1, -0.05) is 54.6 Å². The van der Waals surface area contributed by atoms with Crippen LogP contribution in [0.15, 0.2) is 121 Å². The molecule has 0 aliphatic carbocycles. The molecule has 0 spiro atoms. The number of hydrogen-bond acceptors (Lipinski definition) is 8. The average molecular weight is 592 g/mol. The van der Waals surface area contributed by atoms with Gasteiger partial charge >= 0.3 is 5.97 Å². The second-order valence-electron chi connectivity index (χ2n) is 9.69. The van der Waals surface area contributed by atoms with E-state index in [1.807, 2.05) is 109 Å². The van der Waals surface area contributed by atoms with Gasteiger partial charge in [0.05, 0.1) is 32.6 Å². The summed E-state index contributed by atoms with van der Waals surface area (Å²) in [5.74, 6) is 1.84. The number of carbonyl (C=O) groups excluding carboxylic acids is 1. The lowest BCUT2D eigenvalue weighted by atomic mass is 10.0. The molecule has 8 nitrogen and oxygen atoms in total. The predicted molar refractivity (Wildman–Crippen MR) is 177 cm³/mol. The van der Waals surface area contributed by atoms with E-state index in [0.29, 0.717) is 11.3 Å². The summed E-state index contributed by atoms with van der Waals surface area (Å²) in [6, 6.07) is 37.9. The Bertz CT molecular complexity index is 1660. The Labute approximate surface area is 258 Å². The number of esters is 1. The highest BCUT2D eigenvalue weighted by Gasteiger charge is 2.14. The van der Waals surface area contributed by atoms with Gasteiger partial charge in [0, 0.05) is 29.2 Å². The van der Waals surface area contributed by atoms with Crippen LogP contribution in [0.4, 0.5) is 22.7 Å². The first kappa shape index (κ1) is 31.3. The molecule has 0 aromatic heterocycles. The molecule has 1 unspecified atom stereocenters. The maximum absolute atomic E-state index is 12.8. The molecule has 0 aliphatic heterocycles. The summed E-state index contributed by atoms with van der Waals surface area (Å²) >= 11 is 0. The third-order valence-electron chi connectivity index (χ3n) is 6.50. The van der Waals surface area contributed by atoms with Gasteiger partial charge in [-0.2, -0.15) is 0 Å². The molecule has 0 heterocycles. The van der Waals surface area contributed by atoms with Crippen LogP contribution in [0.25, 0.3) is 11.1 Å². The van der Waals surface area contributed by atoms with Crippen molar-refractivity contribution in [2.75, 3.05) is 37.7 Å². The lowest BCUT2D eigenvalue weighted by Gasteiger charge is -2.18. The van der Waals surface area contributed by atoms with Gasteiger partial charge < -0.3 is 35.3 Å². The third kappa shape index (κ3) is 8.93. The summed E-state index contributed by atoms with van der Waals surface area (Å²) in [5, 5.41) is 6.57. The van der Waals surface area contributed by atoms with E-state index in [-0.39, 0.29) is 0 Å². The minimum Gasteiger partial charge on any atom is -0.497 e. The summed E-state index contributed by atoms with van der Waals surface area (Å²) in [5.41, 5.74) is 11.1. The Balaban J connectivity index is 0.000000421. The van der Waals surface area contributed by atoms with Crippen molar-refractivity contribution in [3.8, 4) is 28.4 Å². The van der Waals surface area contributed by atoms with Crippen molar-refractivity contribution in [3.05, 3.63) is 127 Å². The Morgan fingerprint density at radius 2 is 1.34 bits per heavy atom. The quantitative estimate of drug-likeness (QED) is 0.0853. The Hall–Kier alpha value is -5.63. The minimum atomic E-state index is -0.555. The molecule has 0 aliphatic rings. The molecule has 5 aromatic carbocycles. The highest BCUT2D eigenvalue weighted by Crippen LogP contribution is 2.32. The van der Waals surface area contributed by atoms with Gasteiger partial charge in [-0.3, -0.25) is 0 Å². The number of nitrogen functional groups attached to an aromatic ring is 1. The fraction of sp³-hybridized carbons (Fsp3) is 0.139. The van der Waals surface area contributed by atoms with Crippen molar-refractivity contribution >= 4 is 28.7 Å². The van der Waals surface area contributed by atoms with E-state index < -0.39 is 12.2 Å². The predicted octanol–water partition coefficient (Wildman–Crippen LogP) is 8.01. The van der Waals surface area contributed by atoms with Crippen LogP contribution in [-0.2, 0) is 4.74 Å².